The second-order valence-corrected chi connectivity index (χ2v) is 1.92. The van der Waals surface area contributed by atoms with Crippen LogP contribution in [0.25, 0.3) is 0 Å². The Morgan fingerprint density at radius 2 is 2.25 bits per heavy atom. The zero-order chi connectivity index (χ0) is 6.57. The van der Waals surface area contributed by atoms with Gasteiger partial charge in [0.2, 0.25) is 5.91 Å². The topological polar surface area (TPSA) is 29.1 Å². The Bertz CT molecular complexity index is 80.6. The maximum absolute atomic E-state index is 10.6. The fourth-order valence-electron chi connectivity index (χ4n) is 0.432. The number of hydrogen-bond acceptors (Lipinski definition) is 1. The molecule has 1 amide bonds. The van der Waals surface area contributed by atoms with Gasteiger partial charge in [-0.3, -0.25) is 4.79 Å². The van der Waals surface area contributed by atoms with Crippen molar-refractivity contribution in [3.63, 3.8) is 0 Å². The molecule has 0 aliphatic carbocycles. The van der Waals surface area contributed by atoms with Crippen molar-refractivity contribution in [1.82, 2.24) is 5.32 Å². The average Bonchev–Trinajstić information content (AvgIpc) is 1.84. The Morgan fingerprint density at radius 1 is 1.75 bits per heavy atom. The molecule has 2 heteroatoms. The van der Waals surface area contributed by atoms with Gasteiger partial charge >= 0.3 is 0 Å². The molecular formula is C6H13NO. The monoisotopic (exact) mass is 115 g/mol. The van der Waals surface area contributed by atoms with Crippen LogP contribution in [0.15, 0.2) is 0 Å². The van der Waals surface area contributed by atoms with Gasteiger partial charge < -0.3 is 5.32 Å². The number of carbonyl (C=O) groups is 1. The fourth-order valence-corrected chi connectivity index (χ4v) is 0.432. The van der Waals surface area contributed by atoms with Crippen LogP contribution in [0.4, 0.5) is 0 Å². The molecule has 0 spiro atoms. The summed E-state index contributed by atoms with van der Waals surface area (Å²) in [6, 6.07) is 0. The first kappa shape index (κ1) is 7.47. The highest BCUT2D eigenvalue weighted by molar-refractivity contribution is 5.77. The van der Waals surface area contributed by atoms with Crippen molar-refractivity contribution in [3.05, 3.63) is 0 Å². The highest BCUT2D eigenvalue weighted by Gasteiger charge is 2.05. The Hall–Kier alpha value is -0.530. The van der Waals surface area contributed by atoms with Gasteiger partial charge in [-0.25, -0.2) is 0 Å². The number of hydrogen-bond donors (Lipinski definition) is 1. The standard InChI is InChI=1S/C6H13NO/c1-4-5(2)6(8)7-3/h5H,4H2,1-3H3,(H,7,8)/t5-/m1/s1. The van der Waals surface area contributed by atoms with Crippen LogP contribution in [-0.2, 0) is 4.79 Å². The van der Waals surface area contributed by atoms with Gasteiger partial charge in [-0.2, -0.15) is 0 Å². The van der Waals surface area contributed by atoms with Gasteiger partial charge in [0.05, 0.1) is 0 Å². The molecule has 0 aromatic carbocycles. The third-order valence-corrected chi connectivity index (χ3v) is 1.31. The van der Waals surface area contributed by atoms with E-state index in [4.69, 9.17) is 0 Å². The highest BCUT2D eigenvalue weighted by atomic mass is 16.1. The van der Waals surface area contributed by atoms with Gasteiger partial charge in [0.25, 0.3) is 0 Å². The maximum atomic E-state index is 10.6. The minimum absolute atomic E-state index is 0.132. The van der Waals surface area contributed by atoms with Crippen molar-refractivity contribution in [2.24, 2.45) is 5.92 Å². The molecule has 1 N–H and O–H groups in total. The molecule has 0 bridgehead atoms. The summed E-state index contributed by atoms with van der Waals surface area (Å²) in [5.41, 5.74) is 0. The molecule has 0 rings (SSSR count). The fraction of sp³-hybridized carbons (Fsp3) is 0.833. The zero-order valence-corrected chi connectivity index (χ0v) is 5.69. The predicted molar refractivity (Wildman–Crippen MR) is 33.5 cm³/mol. The quantitative estimate of drug-likeness (QED) is 0.566. The summed E-state index contributed by atoms with van der Waals surface area (Å²) in [7, 11) is 1.66. The molecule has 0 aromatic rings. The Labute approximate surface area is 50.3 Å². The van der Waals surface area contributed by atoms with E-state index < -0.39 is 0 Å². The largest absolute Gasteiger partial charge is 0.359 e. The summed E-state index contributed by atoms with van der Waals surface area (Å²) in [4.78, 5) is 10.6. The lowest BCUT2D eigenvalue weighted by Crippen LogP contribution is -2.24. The molecule has 1 atom stereocenters. The number of rotatable bonds is 2. The average molecular weight is 115 g/mol. The van der Waals surface area contributed by atoms with Crippen molar-refractivity contribution in [3.8, 4) is 0 Å². The predicted octanol–water partition coefficient (Wildman–Crippen LogP) is 0.778. The van der Waals surface area contributed by atoms with Gasteiger partial charge in [0, 0.05) is 13.0 Å². The molecule has 0 aliphatic rings. The van der Waals surface area contributed by atoms with Gasteiger partial charge in [-0.1, -0.05) is 13.8 Å². The molecule has 0 aromatic heterocycles. The van der Waals surface area contributed by atoms with E-state index in [1.165, 1.54) is 0 Å². The summed E-state index contributed by atoms with van der Waals surface area (Å²) < 4.78 is 0. The summed E-state index contributed by atoms with van der Waals surface area (Å²) >= 11 is 0. The van der Waals surface area contributed by atoms with Crippen LogP contribution in [0.1, 0.15) is 20.3 Å². The Morgan fingerprint density at radius 3 is 2.38 bits per heavy atom. The van der Waals surface area contributed by atoms with Crippen LogP contribution in [0.3, 0.4) is 0 Å². The Kier molecular flexibility index (Phi) is 3.24. The van der Waals surface area contributed by atoms with Crippen molar-refractivity contribution in [2.75, 3.05) is 7.05 Å². The maximum Gasteiger partial charge on any atom is 0.222 e. The molecule has 0 aliphatic heterocycles. The minimum Gasteiger partial charge on any atom is -0.359 e. The van der Waals surface area contributed by atoms with Crippen LogP contribution >= 0.6 is 0 Å². The molecule has 0 saturated carbocycles. The minimum atomic E-state index is 0.132. The number of nitrogens with one attached hydrogen (secondary N) is 1. The van der Waals surface area contributed by atoms with Gasteiger partial charge in [0.15, 0.2) is 0 Å². The molecule has 0 heterocycles. The van der Waals surface area contributed by atoms with Gasteiger partial charge in [-0.05, 0) is 6.42 Å². The van der Waals surface area contributed by atoms with Crippen LogP contribution < -0.4 is 5.32 Å². The Balaban J connectivity index is 3.46. The molecule has 0 radical (unpaired) electrons. The summed E-state index contributed by atoms with van der Waals surface area (Å²) in [5.74, 6) is 0.299. The lowest BCUT2D eigenvalue weighted by Gasteiger charge is -2.03. The summed E-state index contributed by atoms with van der Waals surface area (Å²) in [5, 5.41) is 2.58. The first-order chi connectivity index (χ1) is 3.72. The zero-order valence-electron chi connectivity index (χ0n) is 5.69. The molecule has 0 unspecified atom stereocenters. The second kappa shape index (κ2) is 3.47. The van der Waals surface area contributed by atoms with Gasteiger partial charge in [-0.15, -0.1) is 0 Å². The molecule has 2 nitrogen and oxygen atoms in total. The smallest absolute Gasteiger partial charge is 0.222 e. The first-order valence-electron chi connectivity index (χ1n) is 2.94. The summed E-state index contributed by atoms with van der Waals surface area (Å²) in [6.45, 7) is 3.92. The SMILES string of the molecule is CC[C@@H](C)C(=O)NC. The van der Waals surface area contributed by atoms with Crippen LogP contribution in [0.2, 0.25) is 0 Å². The third-order valence-electron chi connectivity index (χ3n) is 1.31. The van der Waals surface area contributed by atoms with Crippen molar-refractivity contribution < 1.29 is 4.79 Å². The van der Waals surface area contributed by atoms with Gasteiger partial charge in [0.1, 0.15) is 0 Å². The molecular weight excluding hydrogens is 102 g/mol. The van der Waals surface area contributed by atoms with E-state index in [1.54, 1.807) is 7.05 Å². The highest BCUT2D eigenvalue weighted by Crippen LogP contribution is 1.97. The van der Waals surface area contributed by atoms with E-state index in [9.17, 15) is 4.79 Å². The van der Waals surface area contributed by atoms with E-state index in [0.717, 1.165) is 6.42 Å². The normalized spacial score (nSPS) is 12.9. The van der Waals surface area contributed by atoms with Crippen LogP contribution in [-0.4, -0.2) is 13.0 Å². The first-order valence-corrected chi connectivity index (χ1v) is 2.94. The van der Waals surface area contributed by atoms with E-state index in [1.807, 2.05) is 13.8 Å². The lowest BCUT2D eigenvalue weighted by atomic mass is 10.1. The van der Waals surface area contributed by atoms with E-state index >= 15 is 0 Å². The molecule has 0 saturated heterocycles. The van der Waals surface area contributed by atoms with Crippen LogP contribution in [0, 0.1) is 5.92 Å². The molecule has 0 fully saturated rings. The lowest BCUT2D eigenvalue weighted by molar-refractivity contribution is -0.124. The second-order valence-electron chi connectivity index (χ2n) is 1.92. The van der Waals surface area contributed by atoms with Crippen molar-refractivity contribution in [1.29, 1.82) is 0 Å². The van der Waals surface area contributed by atoms with Crippen molar-refractivity contribution in [2.45, 2.75) is 20.3 Å². The molecule has 8 heavy (non-hydrogen) atoms. The van der Waals surface area contributed by atoms with E-state index in [0.29, 0.717) is 0 Å². The van der Waals surface area contributed by atoms with E-state index in [-0.39, 0.29) is 11.8 Å². The third kappa shape index (κ3) is 1.96. The van der Waals surface area contributed by atoms with Crippen molar-refractivity contribution >= 4 is 5.91 Å². The van der Waals surface area contributed by atoms with Crippen LogP contribution in [0.5, 0.6) is 0 Å². The number of amides is 1. The van der Waals surface area contributed by atoms with E-state index in [2.05, 4.69) is 5.32 Å². The molecule has 48 valence electrons. The summed E-state index contributed by atoms with van der Waals surface area (Å²) in [6.07, 6.45) is 0.916. The number of carbonyl (C=O) groups excluding carboxylic acids is 1.